The molecule has 3 unspecified atom stereocenters. The first-order chi connectivity index (χ1) is 9.58. The summed E-state index contributed by atoms with van der Waals surface area (Å²) < 4.78 is 0. The lowest BCUT2D eigenvalue weighted by molar-refractivity contribution is -0.147. The number of likely N-dealkylation sites (tertiary alicyclic amines) is 1. The van der Waals surface area contributed by atoms with E-state index >= 15 is 0 Å². The number of hydrogen-bond acceptors (Lipinski definition) is 4. The van der Waals surface area contributed by atoms with Crippen molar-refractivity contribution in [2.75, 3.05) is 6.54 Å². The average Bonchev–Trinajstić information content (AvgIpc) is 2.97. The number of carboxylic acids is 1. The van der Waals surface area contributed by atoms with Crippen LogP contribution in [0, 0.1) is 11.8 Å². The van der Waals surface area contributed by atoms with Gasteiger partial charge in [-0.2, -0.15) is 5.10 Å². The highest BCUT2D eigenvalue weighted by Crippen LogP contribution is 2.42. The minimum atomic E-state index is -0.937. The Morgan fingerprint density at radius 1 is 1.30 bits per heavy atom. The molecule has 3 atom stereocenters. The molecule has 0 spiro atoms. The van der Waals surface area contributed by atoms with Crippen molar-refractivity contribution in [2.24, 2.45) is 16.9 Å². The molecule has 0 bridgehead atoms. The van der Waals surface area contributed by atoms with Gasteiger partial charge in [-0.1, -0.05) is 6.42 Å². The van der Waals surface area contributed by atoms with E-state index in [1.165, 1.54) is 4.90 Å². The highest BCUT2D eigenvalue weighted by atomic mass is 16.4. The monoisotopic (exact) mass is 279 g/mol. The summed E-state index contributed by atoms with van der Waals surface area (Å²) in [4.78, 5) is 36.4. The van der Waals surface area contributed by atoms with Gasteiger partial charge in [0.25, 0.3) is 5.91 Å². The predicted molar refractivity (Wildman–Crippen MR) is 68.8 cm³/mol. The zero-order valence-corrected chi connectivity index (χ0v) is 11.0. The molecule has 0 radical (unpaired) electrons. The van der Waals surface area contributed by atoms with E-state index in [2.05, 4.69) is 10.5 Å². The fraction of sp³-hybridized carbons (Fsp3) is 0.692. The standard InChI is InChI=1S/C13H17N3O4/c17-10-5-4-9(14-15-10)12(18)16-6-7-2-1-3-8(7)11(16)13(19)20/h7-8,11H,1-6H2,(H,15,17)(H,19,20). The Labute approximate surface area is 116 Å². The molecule has 7 heteroatoms. The van der Waals surface area contributed by atoms with Crippen molar-refractivity contribution < 1.29 is 19.5 Å². The summed E-state index contributed by atoms with van der Waals surface area (Å²) in [5.41, 5.74) is 2.55. The summed E-state index contributed by atoms with van der Waals surface area (Å²) in [6.45, 7) is 0.493. The zero-order chi connectivity index (χ0) is 14.3. The molecule has 7 nitrogen and oxygen atoms in total. The molecule has 1 aliphatic carbocycles. The molecule has 20 heavy (non-hydrogen) atoms. The number of nitrogens with zero attached hydrogens (tertiary/aromatic N) is 2. The lowest BCUT2D eigenvalue weighted by atomic mass is 9.94. The van der Waals surface area contributed by atoms with E-state index in [0.29, 0.717) is 12.5 Å². The van der Waals surface area contributed by atoms with Gasteiger partial charge in [0.1, 0.15) is 11.8 Å². The van der Waals surface area contributed by atoms with Crippen LogP contribution in [0.1, 0.15) is 32.1 Å². The Morgan fingerprint density at radius 2 is 2.10 bits per heavy atom. The second kappa shape index (κ2) is 4.88. The second-order valence-electron chi connectivity index (χ2n) is 5.69. The third-order valence-electron chi connectivity index (χ3n) is 4.56. The molecular weight excluding hydrogens is 262 g/mol. The fourth-order valence-corrected chi connectivity index (χ4v) is 3.62. The third kappa shape index (κ3) is 2.07. The van der Waals surface area contributed by atoms with Crippen molar-refractivity contribution >= 4 is 23.5 Å². The van der Waals surface area contributed by atoms with Crippen LogP contribution in [0.25, 0.3) is 0 Å². The van der Waals surface area contributed by atoms with Gasteiger partial charge in [0.15, 0.2) is 0 Å². The van der Waals surface area contributed by atoms with Crippen LogP contribution in [-0.4, -0.2) is 46.1 Å². The first kappa shape index (κ1) is 13.1. The largest absolute Gasteiger partial charge is 0.480 e. The highest BCUT2D eigenvalue weighted by molar-refractivity contribution is 6.39. The lowest BCUT2D eigenvalue weighted by Crippen LogP contribution is -2.47. The van der Waals surface area contributed by atoms with Crippen LogP contribution in [0.3, 0.4) is 0 Å². The number of carbonyl (C=O) groups excluding carboxylic acids is 2. The fourth-order valence-electron chi connectivity index (χ4n) is 3.62. The van der Waals surface area contributed by atoms with Crippen molar-refractivity contribution in [1.29, 1.82) is 0 Å². The van der Waals surface area contributed by atoms with E-state index in [0.717, 1.165) is 19.3 Å². The minimum Gasteiger partial charge on any atom is -0.480 e. The smallest absolute Gasteiger partial charge is 0.326 e. The van der Waals surface area contributed by atoms with Crippen molar-refractivity contribution in [2.45, 2.75) is 38.1 Å². The average molecular weight is 279 g/mol. The number of fused-ring (bicyclic) bond motifs is 1. The quantitative estimate of drug-likeness (QED) is 0.741. The zero-order valence-electron chi connectivity index (χ0n) is 11.0. The summed E-state index contributed by atoms with van der Waals surface area (Å²) >= 11 is 0. The number of carboxylic acid groups (broad SMARTS) is 1. The van der Waals surface area contributed by atoms with Crippen LogP contribution < -0.4 is 5.43 Å². The van der Waals surface area contributed by atoms with Gasteiger partial charge in [-0.05, 0) is 24.7 Å². The number of hydrogen-bond donors (Lipinski definition) is 2. The SMILES string of the molecule is O=C1CCC(C(=O)N2CC3CCCC3C2C(=O)O)=NN1. The van der Waals surface area contributed by atoms with Gasteiger partial charge in [0.2, 0.25) is 5.91 Å². The third-order valence-corrected chi connectivity index (χ3v) is 4.56. The number of aliphatic carboxylic acids is 1. The molecule has 2 amide bonds. The van der Waals surface area contributed by atoms with Crippen LogP contribution in [0.15, 0.2) is 5.10 Å². The van der Waals surface area contributed by atoms with Gasteiger partial charge in [0, 0.05) is 19.4 Å². The molecule has 1 saturated carbocycles. The maximum atomic E-state index is 12.4. The van der Waals surface area contributed by atoms with E-state index < -0.39 is 12.0 Å². The maximum Gasteiger partial charge on any atom is 0.326 e. The lowest BCUT2D eigenvalue weighted by Gasteiger charge is -2.25. The number of rotatable bonds is 2. The molecule has 2 fully saturated rings. The van der Waals surface area contributed by atoms with Crippen molar-refractivity contribution in [3.8, 4) is 0 Å². The van der Waals surface area contributed by atoms with Crippen LogP contribution in [0.5, 0.6) is 0 Å². The predicted octanol–water partition coefficient (Wildman–Crippen LogP) is -0.0359. The van der Waals surface area contributed by atoms with Gasteiger partial charge < -0.3 is 10.0 Å². The molecule has 0 aromatic carbocycles. The van der Waals surface area contributed by atoms with Crippen molar-refractivity contribution in [3.63, 3.8) is 0 Å². The van der Waals surface area contributed by atoms with Crippen molar-refractivity contribution in [3.05, 3.63) is 0 Å². The number of nitrogens with one attached hydrogen (secondary N) is 1. The molecular formula is C13H17N3O4. The summed E-state index contributed by atoms with van der Waals surface area (Å²) in [6, 6.07) is -0.740. The Bertz CT molecular complexity index is 502. The van der Waals surface area contributed by atoms with Gasteiger partial charge >= 0.3 is 5.97 Å². The van der Waals surface area contributed by atoms with Gasteiger partial charge in [-0.15, -0.1) is 0 Å². The van der Waals surface area contributed by atoms with E-state index in [9.17, 15) is 19.5 Å². The molecule has 108 valence electrons. The summed E-state index contributed by atoms with van der Waals surface area (Å²) in [5.74, 6) is -1.14. The topological polar surface area (TPSA) is 99.1 Å². The summed E-state index contributed by atoms with van der Waals surface area (Å²) in [6.07, 6.45) is 3.40. The number of amides is 2. The Kier molecular flexibility index (Phi) is 3.19. The van der Waals surface area contributed by atoms with Crippen LogP contribution in [0.2, 0.25) is 0 Å². The molecule has 2 N–H and O–H groups in total. The molecule has 3 rings (SSSR count). The van der Waals surface area contributed by atoms with E-state index in [4.69, 9.17) is 0 Å². The number of carbonyl (C=O) groups is 3. The molecule has 1 saturated heterocycles. The van der Waals surface area contributed by atoms with Crippen LogP contribution in [-0.2, 0) is 14.4 Å². The van der Waals surface area contributed by atoms with Gasteiger partial charge in [-0.3, -0.25) is 9.59 Å². The normalized spacial score (nSPS) is 32.6. The number of hydrazone groups is 1. The van der Waals surface area contributed by atoms with E-state index in [1.807, 2.05) is 0 Å². The highest BCUT2D eigenvalue weighted by Gasteiger charge is 2.50. The van der Waals surface area contributed by atoms with Crippen LogP contribution in [0.4, 0.5) is 0 Å². The Hall–Kier alpha value is -1.92. The van der Waals surface area contributed by atoms with E-state index in [1.54, 1.807) is 0 Å². The maximum absolute atomic E-state index is 12.4. The van der Waals surface area contributed by atoms with Gasteiger partial charge in [-0.25, -0.2) is 10.2 Å². The van der Waals surface area contributed by atoms with Crippen molar-refractivity contribution in [1.82, 2.24) is 10.3 Å². The van der Waals surface area contributed by atoms with Crippen LogP contribution >= 0.6 is 0 Å². The Morgan fingerprint density at radius 3 is 2.75 bits per heavy atom. The molecule has 2 heterocycles. The summed E-state index contributed by atoms with van der Waals surface area (Å²) in [5, 5.41) is 13.2. The molecule has 0 aromatic rings. The van der Waals surface area contributed by atoms with Gasteiger partial charge in [0.05, 0.1) is 0 Å². The van der Waals surface area contributed by atoms with E-state index in [-0.39, 0.29) is 36.3 Å². The second-order valence-corrected chi connectivity index (χ2v) is 5.69. The molecule has 0 aromatic heterocycles. The Balaban J connectivity index is 1.80. The first-order valence-electron chi connectivity index (χ1n) is 6.97. The summed E-state index contributed by atoms with van der Waals surface area (Å²) in [7, 11) is 0. The minimum absolute atomic E-state index is 0.0650. The molecule has 2 aliphatic heterocycles. The molecule has 3 aliphatic rings. The first-order valence-corrected chi connectivity index (χ1v) is 6.97.